The van der Waals surface area contributed by atoms with Crippen LogP contribution in [0.1, 0.15) is 49.7 Å². The van der Waals surface area contributed by atoms with Gasteiger partial charge < -0.3 is 9.80 Å². The molecule has 1 aromatic heterocycles. The Morgan fingerprint density at radius 3 is 2.38 bits per heavy atom. The van der Waals surface area contributed by atoms with Crippen molar-refractivity contribution in [1.82, 2.24) is 14.8 Å². The van der Waals surface area contributed by atoms with Gasteiger partial charge in [0, 0.05) is 45.0 Å². The molecule has 5 heteroatoms. The summed E-state index contributed by atoms with van der Waals surface area (Å²) in [7, 11) is 0. The van der Waals surface area contributed by atoms with Crippen LogP contribution < -0.4 is 0 Å². The molecule has 5 nitrogen and oxygen atoms in total. The Bertz CT molecular complexity index is 832. The number of carbonyl (C=O) groups is 2. The molecular formula is C24H29N3O2. The van der Waals surface area contributed by atoms with E-state index in [1.54, 1.807) is 12.4 Å². The maximum Gasteiger partial charge on any atom is 0.233 e. The molecule has 4 rings (SSSR count). The van der Waals surface area contributed by atoms with Gasteiger partial charge in [-0.1, -0.05) is 49.6 Å². The summed E-state index contributed by atoms with van der Waals surface area (Å²) in [6.07, 6.45) is 9.06. The van der Waals surface area contributed by atoms with Gasteiger partial charge in [0.15, 0.2) is 0 Å². The fourth-order valence-corrected chi connectivity index (χ4v) is 4.79. The van der Waals surface area contributed by atoms with Crippen molar-refractivity contribution in [2.45, 2.75) is 50.5 Å². The van der Waals surface area contributed by atoms with E-state index in [0.29, 0.717) is 32.6 Å². The highest BCUT2D eigenvalue weighted by atomic mass is 16.2. The minimum atomic E-state index is -0.428. The van der Waals surface area contributed by atoms with E-state index in [-0.39, 0.29) is 11.8 Å². The number of nitrogens with zero attached hydrogens (tertiary/aromatic N) is 3. The highest BCUT2D eigenvalue weighted by molar-refractivity contribution is 5.89. The van der Waals surface area contributed by atoms with Gasteiger partial charge in [-0.05, 0) is 36.1 Å². The Balaban J connectivity index is 1.51. The second kappa shape index (κ2) is 8.76. The molecule has 2 fully saturated rings. The molecule has 0 N–H and O–H groups in total. The number of carbonyl (C=O) groups excluding carboxylic acids is 2. The largest absolute Gasteiger partial charge is 0.340 e. The first kappa shape index (κ1) is 19.6. The summed E-state index contributed by atoms with van der Waals surface area (Å²) in [5, 5.41) is 0. The highest BCUT2D eigenvalue weighted by Crippen LogP contribution is 2.41. The predicted molar refractivity (Wildman–Crippen MR) is 112 cm³/mol. The van der Waals surface area contributed by atoms with Crippen LogP contribution in [0.4, 0.5) is 0 Å². The Morgan fingerprint density at radius 1 is 0.931 bits per heavy atom. The molecule has 0 spiro atoms. The number of rotatable bonds is 4. The summed E-state index contributed by atoms with van der Waals surface area (Å²) in [6, 6.07) is 14.1. The van der Waals surface area contributed by atoms with Gasteiger partial charge in [0.25, 0.3) is 0 Å². The summed E-state index contributed by atoms with van der Waals surface area (Å²) in [6.45, 7) is 2.27. The average molecular weight is 392 g/mol. The zero-order valence-corrected chi connectivity index (χ0v) is 16.9. The predicted octanol–water partition coefficient (Wildman–Crippen LogP) is 3.54. The zero-order chi connectivity index (χ0) is 20.1. The lowest BCUT2D eigenvalue weighted by atomic mass is 9.68. The fourth-order valence-electron chi connectivity index (χ4n) is 4.79. The van der Waals surface area contributed by atoms with Gasteiger partial charge in [0.1, 0.15) is 0 Å². The van der Waals surface area contributed by atoms with Gasteiger partial charge in [-0.3, -0.25) is 14.6 Å². The first-order valence-electron chi connectivity index (χ1n) is 10.7. The van der Waals surface area contributed by atoms with Crippen molar-refractivity contribution < 1.29 is 9.59 Å². The summed E-state index contributed by atoms with van der Waals surface area (Å²) in [4.78, 5) is 34.3. The molecule has 2 aromatic rings. The minimum absolute atomic E-state index is 0.120. The van der Waals surface area contributed by atoms with Crippen molar-refractivity contribution in [3.8, 4) is 0 Å². The Kier molecular flexibility index (Phi) is 5.93. The maximum absolute atomic E-state index is 13.8. The normalized spacial score (nSPS) is 19.7. The van der Waals surface area contributed by atoms with Crippen molar-refractivity contribution in [2.75, 3.05) is 19.6 Å². The van der Waals surface area contributed by atoms with Crippen LogP contribution in [0.25, 0.3) is 0 Å². The zero-order valence-electron chi connectivity index (χ0n) is 16.9. The van der Waals surface area contributed by atoms with Gasteiger partial charge in [-0.15, -0.1) is 0 Å². The van der Waals surface area contributed by atoms with E-state index in [9.17, 15) is 9.59 Å². The number of hydrogen-bond acceptors (Lipinski definition) is 3. The molecule has 1 saturated heterocycles. The van der Waals surface area contributed by atoms with E-state index in [4.69, 9.17) is 0 Å². The van der Waals surface area contributed by atoms with E-state index < -0.39 is 5.41 Å². The lowest BCUT2D eigenvalue weighted by Crippen LogP contribution is -2.49. The average Bonchev–Trinajstić information content (AvgIpc) is 2.97. The van der Waals surface area contributed by atoms with Crippen LogP contribution in [0.3, 0.4) is 0 Å². The summed E-state index contributed by atoms with van der Waals surface area (Å²) < 4.78 is 0. The number of amides is 2. The fraction of sp³-hybridized carbons (Fsp3) is 0.458. The summed E-state index contributed by atoms with van der Waals surface area (Å²) in [5.41, 5.74) is 1.78. The molecule has 29 heavy (non-hydrogen) atoms. The molecule has 152 valence electrons. The highest BCUT2D eigenvalue weighted by Gasteiger charge is 2.43. The third-order valence-electron chi connectivity index (χ3n) is 6.44. The maximum atomic E-state index is 13.8. The number of hydrogen-bond donors (Lipinski definition) is 0. The molecule has 2 aliphatic rings. The van der Waals surface area contributed by atoms with E-state index in [1.165, 1.54) is 6.42 Å². The smallest absolute Gasteiger partial charge is 0.233 e. The first-order chi connectivity index (χ1) is 14.2. The SMILES string of the molecule is O=C1CCN(C(=O)C2(c3ccccc3)CCCCC2)CCN1Cc1ccncc1. The van der Waals surface area contributed by atoms with E-state index in [2.05, 4.69) is 17.1 Å². The van der Waals surface area contributed by atoms with E-state index in [0.717, 1.165) is 36.8 Å². The van der Waals surface area contributed by atoms with Gasteiger partial charge in [0.2, 0.25) is 11.8 Å². The third-order valence-corrected chi connectivity index (χ3v) is 6.44. The number of benzene rings is 1. The molecule has 1 saturated carbocycles. The van der Waals surface area contributed by atoms with Crippen molar-refractivity contribution in [3.63, 3.8) is 0 Å². The Hall–Kier alpha value is -2.69. The van der Waals surface area contributed by atoms with Crippen molar-refractivity contribution in [3.05, 3.63) is 66.0 Å². The Morgan fingerprint density at radius 2 is 1.66 bits per heavy atom. The Labute approximate surface area is 172 Å². The first-order valence-corrected chi connectivity index (χ1v) is 10.7. The molecule has 1 aliphatic heterocycles. The van der Waals surface area contributed by atoms with Crippen molar-refractivity contribution in [2.24, 2.45) is 0 Å². The lowest BCUT2D eigenvalue weighted by molar-refractivity contribution is -0.138. The number of pyridine rings is 1. The van der Waals surface area contributed by atoms with E-state index >= 15 is 0 Å². The van der Waals surface area contributed by atoms with Crippen LogP contribution in [0, 0.1) is 0 Å². The van der Waals surface area contributed by atoms with Gasteiger partial charge in [-0.25, -0.2) is 0 Å². The molecule has 1 aromatic carbocycles. The van der Waals surface area contributed by atoms with Crippen molar-refractivity contribution >= 4 is 11.8 Å². The van der Waals surface area contributed by atoms with Crippen LogP contribution in [0.15, 0.2) is 54.9 Å². The summed E-state index contributed by atoms with van der Waals surface area (Å²) in [5.74, 6) is 0.330. The van der Waals surface area contributed by atoms with Crippen LogP contribution in [0.2, 0.25) is 0 Å². The second-order valence-corrected chi connectivity index (χ2v) is 8.22. The monoisotopic (exact) mass is 391 g/mol. The molecule has 0 atom stereocenters. The van der Waals surface area contributed by atoms with E-state index in [1.807, 2.05) is 40.1 Å². The van der Waals surface area contributed by atoms with Crippen LogP contribution in [-0.2, 0) is 21.5 Å². The van der Waals surface area contributed by atoms with Crippen molar-refractivity contribution in [1.29, 1.82) is 0 Å². The van der Waals surface area contributed by atoms with Crippen LogP contribution in [-0.4, -0.2) is 46.2 Å². The van der Waals surface area contributed by atoms with Gasteiger partial charge in [-0.2, -0.15) is 0 Å². The van der Waals surface area contributed by atoms with Crippen LogP contribution >= 0.6 is 0 Å². The molecule has 0 bridgehead atoms. The second-order valence-electron chi connectivity index (χ2n) is 8.22. The third kappa shape index (κ3) is 4.19. The molecule has 0 unspecified atom stereocenters. The molecule has 0 radical (unpaired) electrons. The standard InChI is InChI=1S/C24H29N3O2/c28-22-11-16-26(17-18-27(22)19-20-9-14-25-15-10-20)23(29)24(12-5-2-6-13-24)21-7-3-1-4-8-21/h1,3-4,7-10,14-15H,2,5-6,11-13,16-19H2. The topological polar surface area (TPSA) is 53.5 Å². The van der Waals surface area contributed by atoms with Crippen LogP contribution in [0.5, 0.6) is 0 Å². The number of aromatic nitrogens is 1. The van der Waals surface area contributed by atoms with Gasteiger partial charge in [0.05, 0.1) is 5.41 Å². The molecule has 2 heterocycles. The summed E-state index contributed by atoms with van der Waals surface area (Å²) >= 11 is 0. The van der Waals surface area contributed by atoms with Gasteiger partial charge >= 0.3 is 0 Å². The quantitative estimate of drug-likeness (QED) is 0.801. The minimum Gasteiger partial charge on any atom is -0.340 e. The molecule has 1 aliphatic carbocycles. The lowest BCUT2D eigenvalue weighted by Gasteiger charge is -2.40. The molecular weight excluding hydrogens is 362 g/mol. The molecule has 2 amide bonds.